The standard InChI is InChI=1S/C12H12N4O2/c1-18-10-4-8(2-3-9(10)6-13)7-16-12(17)5-11(14)15-16/h2-5,15H,7,14H2,1H3. The SMILES string of the molecule is COc1cc(Cn2[nH]c(N)cc2=O)ccc1C#N. The molecule has 0 bridgehead atoms. The first kappa shape index (κ1) is 11.8. The molecule has 92 valence electrons. The molecular weight excluding hydrogens is 232 g/mol. The highest BCUT2D eigenvalue weighted by atomic mass is 16.5. The number of nitrogens with two attached hydrogens (primary N) is 1. The van der Waals surface area contributed by atoms with E-state index < -0.39 is 0 Å². The van der Waals surface area contributed by atoms with Crippen molar-refractivity contribution in [3.8, 4) is 11.8 Å². The minimum absolute atomic E-state index is 0.198. The maximum atomic E-state index is 11.5. The minimum atomic E-state index is -0.198. The highest BCUT2D eigenvalue weighted by Crippen LogP contribution is 2.19. The Balaban J connectivity index is 2.33. The highest BCUT2D eigenvalue weighted by Gasteiger charge is 2.06. The third kappa shape index (κ3) is 2.20. The van der Waals surface area contributed by atoms with Crippen molar-refractivity contribution in [1.82, 2.24) is 9.78 Å². The molecule has 1 heterocycles. The lowest BCUT2D eigenvalue weighted by Crippen LogP contribution is -2.16. The van der Waals surface area contributed by atoms with Crippen molar-refractivity contribution < 1.29 is 4.74 Å². The summed E-state index contributed by atoms with van der Waals surface area (Å²) in [5.41, 5.74) is 6.59. The zero-order valence-electron chi connectivity index (χ0n) is 9.80. The van der Waals surface area contributed by atoms with Gasteiger partial charge in [-0.3, -0.25) is 9.89 Å². The number of nitriles is 1. The van der Waals surface area contributed by atoms with Crippen molar-refractivity contribution in [2.75, 3.05) is 12.8 Å². The summed E-state index contributed by atoms with van der Waals surface area (Å²) in [4.78, 5) is 11.5. The van der Waals surface area contributed by atoms with E-state index in [1.165, 1.54) is 17.9 Å². The largest absolute Gasteiger partial charge is 0.495 e. The molecule has 6 heteroatoms. The lowest BCUT2D eigenvalue weighted by Gasteiger charge is -2.06. The number of hydrogen-bond donors (Lipinski definition) is 2. The normalized spacial score (nSPS) is 10.0. The van der Waals surface area contributed by atoms with Crippen LogP contribution in [-0.4, -0.2) is 16.9 Å². The molecule has 0 saturated carbocycles. The molecule has 0 amide bonds. The predicted octanol–water partition coefficient (Wildman–Crippen LogP) is 0.687. The van der Waals surface area contributed by atoms with Crippen LogP contribution in [0.3, 0.4) is 0 Å². The zero-order valence-corrected chi connectivity index (χ0v) is 9.80. The van der Waals surface area contributed by atoms with Crippen LogP contribution in [0.1, 0.15) is 11.1 Å². The molecule has 0 saturated heterocycles. The van der Waals surface area contributed by atoms with E-state index in [1.807, 2.05) is 6.07 Å². The van der Waals surface area contributed by atoms with Crippen LogP contribution in [0.4, 0.5) is 5.82 Å². The van der Waals surface area contributed by atoms with Crippen LogP contribution >= 0.6 is 0 Å². The van der Waals surface area contributed by atoms with Crippen molar-refractivity contribution in [3.05, 3.63) is 45.7 Å². The molecule has 2 rings (SSSR count). The van der Waals surface area contributed by atoms with Gasteiger partial charge in [-0.05, 0) is 17.7 Å². The summed E-state index contributed by atoms with van der Waals surface area (Å²) < 4.78 is 6.49. The monoisotopic (exact) mass is 244 g/mol. The molecule has 0 spiro atoms. The van der Waals surface area contributed by atoms with E-state index in [0.717, 1.165) is 5.56 Å². The molecule has 0 aliphatic carbocycles. The summed E-state index contributed by atoms with van der Waals surface area (Å²) in [7, 11) is 1.50. The van der Waals surface area contributed by atoms with Crippen molar-refractivity contribution >= 4 is 5.82 Å². The van der Waals surface area contributed by atoms with E-state index in [0.29, 0.717) is 23.7 Å². The summed E-state index contributed by atoms with van der Waals surface area (Å²) in [5.74, 6) is 0.809. The molecule has 1 aromatic heterocycles. The van der Waals surface area contributed by atoms with Gasteiger partial charge in [-0.15, -0.1) is 0 Å². The summed E-state index contributed by atoms with van der Waals surface area (Å²) >= 11 is 0. The van der Waals surface area contributed by atoms with Crippen LogP contribution in [0.2, 0.25) is 0 Å². The summed E-state index contributed by atoms with van der Waals surface area (Å²) in [5, 5.41) is 11.6. The Morgan fingerprint density at radius 3 is 2.83 bits per heavy atom. The number of nitrogens with zero attached hydrogens (tertiary/aromatic N) is 2. The number of benzene rings is 1. The molecule has 6 nitrogen and oxygen atoms in total. The molecule has 18 heavy (non-hydrogen) atoms. The van der Waals surface area contributed by atoms with E-state index >= 15 is 0 Å². The van der Waals surface area contributed by atoms with E-state index in [4.69, 9.17) is 15.7 Å². The predicted molar refractivity (Wildman–Crippen MR) is 66.3 cm³/mol. The average Bonchev–Trinajstić information content (AvgIpc) is 2.67. The lowest BCUT2D eigenvalue weighted by atomic mass is 10.1. The van der Waals surface area contributed by atoms with Crippen LogP contribution in [0.15, 0.2) is 29.1 Å². The van der Waals surface area contributed by atoms with Crippen LogP contribution in [-0.2, 0) is 6.54 Å². The number of aromatic amines is 1. The topological polar surface area (TPSA) is 96.8 Å². The molecule has 0 atom stereocenters. The Hall–Kier alpha value is -2.68. The number of nitrogen functional groups attached to an aromatic ring is 1. The first-order valence-corrected chi connectivity index (χ1v) is 5.26. The van der Waals surface area contributed by atoms with Gasteiger partial charge in [0.05, 0.1) is 19.2 Å². The number of methoxy groups -OCH3 is 1. The Kier molecular flexibility index (Phi) is 3.06. The zero-order chi connectivity index (χ0) is 13.1. The highest BCUT2D eigenvalue weighted by molar-refractivity contribution is 5.45. The summed E-state index contributed by atoms with van der Waals surface area (Å²) in [6.07, 6.45) is 0. The number of aromatic nitrogens is 2. The number of anilines is 1. The smallest absolute Gasteiger partial charge is 0.268 e. The van der Waals surface area contributed by atoms with E-state index in [-0.39, 0.29) is 5.56 Å². The Morgan fingerprint density at radius 2 is 2.28 bits per heavy atom. The molecule has 3 N–H and O–H groups in total. The van der Waals surface area contributed by atoms with Gasteiger partial charge in [0.15, 0.2) is 0 Å². The molecule has 1 aromatic carbocycles. The van der Waals surface area contributed by atoms with Gasteiger partial charge in [0.25, 0.3) is 5.56 Å². The van der Waals surface area contributed by atoms with E-state index in [9.17, 15) is 4.79 Å². The van der Waals surface area contributed by atoms with Crippen LogP contribution in [0.5, 0.6) is 5.75 Å². The number of H-pyrrole nitrogens is 1. The van der Waals surface area contributed by atoms with Crippen molar-refractivity contribution in [1.29, 1.82) is 5.26 Å². The average molecular weight is 244 g/mol. The number of rotatable bonds is 3. The number of hydrogen-bond acceptors (Lipinski definition) is 4. The molecule has 0 unspecified atom stereocenters. The first-order chi connectivity index (χ1) is 8.63. The minimum Gasteiger partial charge on any atom is -0.495 e. The van der Waals surface area contributed by atoms with Gasteiger partial charge in [-0.25, -0.2) is 4.68 Å². The van der Waals surface area contributed by atoms with E-state index in [1.54, 1.807) is 18.2 Å². The van der Waals surface area contributed by atoms with Gasteiger partial charge in [0.1, 0.15) is 17.6 Å². The molecule has 0 radical (unpaired) electrons. The van der Waals surface area contributed by atoms with Crippen LogP contribution in [0, 0.1) is 11.3 Å². The fraction of sp³-hybridized carbons (Fsp3) is 0.167. The Labute approximate surface area is 103 Å². The maximum absolute atomic E-state index is 11.5. The van der Waals surface area contributed by atoms with Gasteiger partial charge in [0.2, 0.25) is 0 Å². The summed E-state index contributed by atoms with van der Waals surface area (Å²) in [6, 6.07) is 8.50. The van der Waals surface area contributed by atoms with E-state index in [2.05, 4.69) is 5.10 Å². The van der Waals surface area contributed by atoms with Crippen LogP contribution in [0.25, 0.3) is 0 Å². The van der Waals surface area contributed by atoms with Crippen LogP contribution < -0.4 is 16.0 Å². The second-order valence-corrected chi connectivity index (χ2v) is 3.78. The van der Waals surface area contributed by atoms with Gasteiger partial charge in [-0.1, -0.05) is 6.07 Å². The summed E-state index contributed by atoms with van der Waals surface area (Å²) in [6.45, 7) is 0.345. The van der Waals surface area contributed by atoms with Gasteiger partial charge in [-0.2, -0.15) is 5.26 Å². The third-order valence-corrected chi connectivity index (χ3v) is 2.54. The van der Waals surface area contributed by atoms with Gasteiger partial charge in [0, 0.05) is 6.07 Å². The fourth-order valence-electron chi connectivity index (χ4n) is 1.68. The molecule has 0 aliphatic rings. The second kappa shape index (κ2) is 4.67. The second-order valence-electron chi connectivity index (χ2n) is 3.78. The lowest BCUT2D eigenvalue weighted by molar-refractivity contribution is 0.412. The quantitative estimate of drug-likeness (QED) is 0.829. The van der Waals surface area contributed by atoms with Crippen molar-refractivity contribution in [2.24, 2.45) is 0 Å². The molecule has 0 fully saturated rings. The fourth-order valence-corrected chi connectivity index (χ4v) is 1.68. The van der Waals surface area contributed by atoms with Gasteiger partial charge < -0.3 is 10.5 Å². The molecular formula is C12H12N4O2. The Bertz CT molecular complexity index is 663. The van der Waals surface area contributed by atoms with Crippen molar-refractivity contribution in [3.63, 3.8) is 0 Å². The van der Waals surface area contributed by atoms with Gasteiger partial charge >= 0.3 is 0 Å². The number of nitrogens with one attached hydrogen (secondary N) is 1. The third-order valence-electron chi connectivity index (χ3n) is 2.54. The Morgan fingerprint density at radius 1 is 1.50 bits per heavy atom. The molecule has 0 aliphatic heterocycles. The maximum Gasteiger partial charge on any atom is 0.268 e. The molecule has 2 aromatic rings. The number of ether oxygens (including phenoxy) is 1. The van der Waals surface area contributed by atoms with Crippen molar-refractivity contribution in [2.45, 2.75) is 6.54 Å². The first-order valence-electron chi connectivity index (χ1n) is 5.26.